The van der Waals surface area contributed by atoms with Gasteiger partial charge in [0, 0.05) is 44.0 Å². The molecule has 4 aliphatic rings. The number of nitrogens with zero attached hydrogens (tertiary/aromatic N) is 3. The second-order valence-corrected chi connectivity index (χ2v) is 11.3. The molecule has 4 heterocycles. The van der Waals surface area contributed by atoms with E-state index in [1.807, 2.05) is 24.3 Å². The van der Waals surface area contributed by atoms with E-state index in [2.05, 4.69) is 9.88 Å². The molecule has 6 rings (SSSR count). The summed E-state index contributed by atoms with van der Waals surface area (Å²) in [5, 5.41) is 0. The molecule has 1 amide bonds. The lowest BCUT2D eigenvalue weighted by molar-refractivity contribution is -0.145. The Morgan fingerprint density at radius 2 is 1.92 bits per heavy atom. The summed E-state index contributed by atoms with van der Waals surface area (Å²) in [6, 6.07) is 9.07. The number of benzene rings is 1. The van der Waals surface area contributed by atoms with Gasteiger partial charge >= 0.3 is 6.18 Å². The van der Waals surface area contributed by atoms with Gasteiger partial charge in [0.05, 0.1) is 17.1 Å². The monoisotopic (exact) mass is 543 g/mol. The smallest absolute Gasteiger partial charge is 0.417 e. The average Bonchev–Trinajstić information content (AvgIpc) is 3.51. The topological polar surface area (TPSA) is 72.0 Å². The summed E-state index contributed by atoms with van der Waals surface area (Å²) in [5.41, 5.74) is 0.980. The van der Waals surface area contributed by atoms with Crippen molar-refractivity contribution in [2.45, 2.75) is 69.3 Å². The summed E-state index contributed by atoms with van der Waals surface area (Å²) in [7, 11) is 0. The Morgan fingerprint density at radius 1 is 1.15 bits per heavy atom. The van der Waals surface area contributed by atoms with Crippen LogP contribution in [0.5, 0.6) is 5.75 Å². The first-order valence-corrected chi connectivity index (χ1v) is 13.7. The number of pyridine rings is 1. The number of fused-ring (bicyclic) bond motifs is 2. The van der Waals surface area contributed by atoms with Crippen LogP contribution in [-0.2, 0) is 33.5 Å². The molecule has 208 valence electrons. The first-order valence-electron chi connectivity index (χ1n) is 13.7. The number of halogens is 3. The number of piperidine rings is 1. The van der Waals surface area contributed by atoms with Crippen molar-refractivity contribution in [3.8, 4) is 5.75 Å². The number of aromatic nitrogens is 1. The van der Waals surface area contributed by atoms with Crippen molar-refractivity contribution in [1.29, 1.82) is 0 Å². The van der Waals surface area contributed by atoms with Gasteiger partial charge in [0.15, 0.2) is 0 Å². The van der Waals surface area contributed by atoms with E-state index in [-0.39, 0.29) is 24.6 Å². The van der Waals surface area contributed by atoms with E-state index in [9.17, 15) is 22.8 Å². The third-order valence-electron chi connectivity index (χ3n) is 9.23. The summed E-state index contributed by atoms with van der Waals surface area (Å²) < 4.78 is 50.8. The van der Waals surface area contributed by atoms with Crippen LogP contribution in [0.1, 0.15) is 60.4 Å². The summed E-state index contributed by atoms with van der Waals surface area (Å²) in [4.78, 5) is 32.8. The van der Waals surface area contributed by atoms with Gasteiger partial charge in [-0.15, -0.1) is 0 Å². The lowest BCUT2D eigenvalue weighted by Crippen LogP contribution is -2.48. The number of ether oxygens (including phenoxy) is 2. The van der Waals surface area contributed by atoms with E-state index >= 15 is 0 Å². The largest absolute Gasteiger partial charge is 0.429 e. The van der Waals surface area contributed by atoms with Gasteiger partial charge in [-0.3, -0.25) is 14.6 Å². The van der Waals surface area contributed by atoms with Crippen molar-refractivity contribution in [1.82, 2.24) is 14.8 Å². The number of likely N-dealkylation sites (tertiary alicyclic amines) is 1. The molecule has 7 nitrogen and oxygen atoms in total. The van der Waals surface area contributed by atoms with Crippen LogP contribution in [0.2, 0.25) is 0 Å². The lowest BCUT2D eigenvalue weighted by Gasteiger charge is -2.38. The molecule has 0 N–H and O–H groups in total. The fourth-order valence-corrected chi connectivity index (χ4v) is 7.13. The van der Waals surface area contributed by atoms with Crippen molar-refractivity contribution in [3.05, 3.63) is 58.9 Å². The summed E-state index contributed by atoms with van der Waals surface area (Å²) >= 11 is 0. The number of hydrogen-bond acceptors (Lipinski definition) is 6. The fraction of sp³-hybridized carbons (Fsp3) is 0.552. The Balaban J connectivity index is 1.11. The lowest BCUT2D eigenvalue weighted by atomic mass is 9.80. The molecule has 0 radical (unpaired) electrons. The molecule has 1 aromatic heterocycles. The maximum Gasteiger partial charge on any atom is 0.417 e. The number of rotatable bonds is 5. The highest BCUT2D eigenvalue weighted by Crippen LogP contribution is 2.51. The van der Waals surface area contributed by atoms with Gasteiger partial charge in [-0.05, 0) is 80.4 Å². The number of carbonyl (C=O) groups excluding carboxylic acids is 2. The molecule has 0 spiro atoms. The Hall–Kier alpha value is -2.98. The van der Waals surface area contributed by atoms with E-state index in [4.69, 9.17) is 9.47 Å². The Bertz CT molecular complexity index is 1230. The van der Waals surface area contributed by atoms with Crippen LogP contribution in [0.4, 0.5) is 13.2 Å². The molecular formula is C29H32F3N3O4. The summed E-state index contributed by atoms with van der Waals surface area (Å²) in [6.07, 6.45) is 0.932. The molecule has 1 saturated carbocycles. The minimum Gasteiger partial charge on any atom is -0.429 e. The molecule has 3 aliphatic heterocycles. The van der Waals surface area contributed by atoms with E-state index < -0.39 is 17.2 Å². The zero-order valence-corrected chi connectivity index (χ0v) is 21.7. The van der Waals surface area contributed by atoms with Crippen molar-refractivity contribution in [2.24, 2.45) is 5.41 Å². The third-order valence-corrected chi connectivity index (χ3v) is 9.23. The van der Waals surface area contributed by atoms with Gasteiger partial charge in [0.1, 0.15) is 5.75 Å². The minimum absolute atomic E-state index is 0.0167. The maximum absolute atomic E-state index is 14.0. The highest BCUT2D eigenvalue weighted by atomic mass is 19.4. The van der Waals surface area contributed by atoms with E-state index in [0.717, 1.165) is 51.0 Å². The standard InChI is InChI=1S/C29H32F3N3O4/c30-29(31,32)22-13-21-17-35(11-7-25(21)33-16-22)27(37)28-8-12-38-26(28)14-23(15-28)34-9-5-20(6-10-34)19-1-3-24(4-2-19)39-18-36/h1-4,13,16,18,20,23,26H,5-12,14-15,17H2/t23-,26-,28-/m1/s1. The summed E-state index contributed by atoms with van der Waals surface area (Å²) in [5.74, 6) is 0.985. The molecule has 2 saturated heterocycles. The second-order valence-electron chi connectivity index (χ2n) is 11.3. The predicted octanol–water partition coefficient (Wildman–Crippen LogP) is 4.34. The number of carbonyl (C=O) groups is 2. The van der Waals surface area contributed by atoms with Crippen LogP contribution in [0.15, 0.2) is 36.5 Å². The second kappa shape index (κ2) is 10.2. The van der Waals surface area contributed by atoms with Crippen molar-refractivity contribution < 1.29 is 32.2 Å². The number of amides is 1. The molecule has 3 fully saturated rings. The Kier molecular flexibility index (Phi) is 6.87. The average molecular weight is 544 g/mol. The van der Waals surface area contributed by atoms with Gasteiger partial charge in [-0.1, -0.05) is 12.1 Å². The van der Waals surface area contributed by atoms with Crippen molar-refractivity contribution in [3.63, 3.8) is 0 Å². The molecule has 1 aliphatic carbocycles. The third kappa shape index (κ3) is 4.93. The summed E-state index contributed by atoms with van der Waals surface area (Å²) in [6.45, 7) is 3.46. The van der Waals surface area contributed by atoms with E-state index in [1.165, 1.54) is 5.56 Å². The predicted molar refractivity (Wildman–Crippen MR) is 135 cm³/mol. The molecule has 39 heavy (non-hydrogen) atoms. The van der Waals surface area contributed by atoms with Crippen molar-refractivity contribution >= 4 is 12.4 Å². The van der Waals surface area contributed by atoms with Crippen LogP contribution < -0.4 is 4.74 Å². The van der Waals surface area contributed by atoms with Gasteiger partial charge in [-0.25, -0.2) is 0 Å². The van der Waals surface area contributed by atoms with E-state index in [1.54, 1.807) is 4.90 Å². The fourth-order valence-electron chi connectivity index (χ4n) is 7.13. The maximum atomic E-state index is 14.0. The highest BCUT2D eigenvalue weighted by Gasteiger charge is 2.58. The van der Waals surface area contributed by atoms with E-state index in [0.29, 0.717) is 55.4 Å². The quantitative estimate of drug-likeness (QED) is 0.523. The SMILES string of the molecule is O=COc1ccc(C2CCN([C@@H]3C[C@H]4OCC[C@@]4(C(=O)N4CCc5ncc(C(F)(F)F)cc5C4)C3)CC2)cc1. The molecule has 0 bridgehead atoms. The first kappa shape index (κ1) is 26.3. The van der Waals surface area contributed by atoms with Crippen molar-refractivity contribution in [2.75, 3.05) is 26.2 Å². The van der Waals surface area contributed by atoms with Gasteiger partial charge in [0.25, 0.3) is 6.47 Å². The first-order chi connectivity index (χ1) is 18.8. The normalized spacial score (nSPS) is 27.7. The van der Waals surface area contributed by atoms with Crippen LogP contribution in [-0.4, -0.2) is 65.6 Å². The molecule has 0 unspecified atom stereocenters. The zero-order chi connectivity index (χ0) is 27.2. The van der Waals surface area contributed by atoms with Gasteiger partial charge < -0.3 is 19.3 Å². The van der Waals surface area contributed by atoms with Gasteiger partial charge in [0.2, 0.25) is 5.91 Å². The molecular weight excluding hydrogens is 511 g/mol. The van der Waals surface area contributed by atoms with Crippen LogP contribution in [0, 0.1) is 5.41 Å². The zero-order valence-electron chi connectivity index (χ0n) is 21.7. The minimum atomic E-state index is -4.46. The number of hydrogen-bond donors (Lipinski definition) is 0. The Labute approximate surface area is 225 Å². The van der Waals surface area contributed by atoms with Crippen LogP contribution in [0.25, 0.3) is 0 Å². The molecule has 1 aromatic carbocycles. The molecule has 10 heteroatoms. The Morgan fingerprint density at radius 3 is 2.64 bits per heavy atom. The highest BCUT2D eigenvalue weighted by molar-refractivity contribution is 5.84. The van der Waals surface area contributed by atoms with Gasteiger partial charge in [-0.2, -0.15) is 13.2 Å². The molecule has 2 aromatic rings. The van der Waals surface area contributed by atoms with Crippen LogP contribution in [0.3, 0.4) is 0 Å². The number of alkyl halides is 3. The molecule has 3 atom stereocenters. The van der Waals surface area contributed by atoms with Crippen LogP contribution >= 0.6 is 0 Å².